The third-order valence-electron chi connectivity index (χ3n) is 5.19. The van der Waals surface area contributed by atoms with Crippen molar-refractivity contribution in [3.63, 3.8) is 0 Å². The molecule has 0 unspecified atom stereocenters. The number of anilines is 1. The van der Waals surface area contributed by atoms with Gasteiger partial charge in [0, 0.05) is 22.2 Å². The van der Waals surface area contributed by atoms with Crippen LogP contribution in [0.4, 0.5) is 11.4 Å². The van der Waals surface area contributed by atoms with Crippen LogP contribution in [0.25, 0.3) is 17.4 Å². The summed E-state index contributed by atoms with van der Waals surface area (Å²) in [6.07, 6.45) is 1.30. The van der Waals surface area contributed by atoms with Gasteiger partial charge in [-0.3, -0.25) is 29.9 Å². The molecule has 8 nitrogen and oxygen atoms in total. The molecule has 0 atom stereocenters. The summed E-state index contributed by atoms with van der Waals surface area (Å²) in [6.45, 7) is 3.39. The summed E-state index contributed by atoms with van der Waals surface area (Å²) >= 11 is 11.4. The molecule has 0 bridgehead atoms. The van der Waals surface area contributed by atoms with E-state index in [1.807, 2.05) is 0 Å². The van der Waals surface area contributed by atoms with E-state index >= 15 is 0 Å². The van der Waals surface area contributed by atoms with Gasteiger partial charge in [-0.1, -0.05) is 29.8 Å². The van der Waals surface area contributed by atoms with Crippen molar-refractivity contribution in [3.8, 4) is 11.3 Å². The summed E-state index contributed by atoms with van der Waals surface area (Å²) in [5.74, 6) is -0.711. The van der Waals surface area contributed by atoms with Crippen LogP contribution in [0.1, 0.15) is 16.9 Å². The topological polar surface area (TPSA) is 106 Å². The van der Waals surface area contributed by atoms with Gasteiger partial charge in [-0.05, 0) is 62.0 Å². The number of aryl methyl sites for hydroxylation is 1. The van der Waals surface area contributed by atoms with Crippen LogP contribution in [0.2, 0.25) is 5.02 Å². The molecule has 1 aliphatic heterocycles. The lowest BCUT2D eigenvalue weighted by Gasteiger charge is -2.30. The van der Waals surface area contributed by atoms with Crippen molar-refractivity contribution in [1.29, 1.82) is 0 Å². The fraction of sp³-hybridized carbons (Fsp3) is 0.0870. The van der Waals surface area contributed by atoms with Gasteiger partial charge < -0.3 is 4.42 Å². The summed E-state index contributed by atoms with van der Waals surface area (Å²) in [5, 5.41) is 14.1. The first-order chi connectivity index (χ1) is 15.7. The highest BCUT2D eigenvalue weighted by Gasteiger charge is 2.35. The second-order valence-corrected chi connectivity index (χ2v) is 8.10. The highest BCUT2D eigenvalue weighted by atomic mass is 35.5. The van der Waals surface area contributed by atoms with Crippen molar-refractivity contribution in [2.24, 2.45) is 0 Å². The summed E-state index contributed by atoms with van der Waals surface area (Å²) in [5.41, 5.74) is 1.88. The van der Waals surface area contributed by atoms with Gasteiger partial charge >= 0.3 is 0 Å². The van der Waals surface area contributed by atoms with Crippen molar-refractivity contribution in [3.05, 3.63) is 86.1 Å². The molecule has 2 amide bonds. The minimum atomic E-state index is -0.662. The van der Waals surface area contributed by atoms with Crippen LogP contribution in [-0.2, 0) is 9.59 Å². The third kappa shape index (κ3) is 4.15. The van der Waals surface area contributed by atoms with Crippen LogP contribution in [0.5, 0.6) is 0 Å². The maximum Gasteiger partial charge on any atom is 0.273 e. The zero-order valence-corrected chi connectivity index (χ0v) is 19.0. The highest BCUT2D eigenvalue weighted by Crippen LogP contribution is 2.31. The van der Waals surface area contributed by atoms with Crippen molar-refractivity contribution in [2.45, 2.75) is 13.8 Å². The highest BCUT2D eigenvalue weighted by molar-refractivity contribution is 7.80. The Morgan fingerprint density at radius 1 is 1.15 bits per heavy atom. The second-order valence-electron chi connectivity index (χ2n) is 7.30. The lowest BCUT2D eigenvalue weighted by atomic mass is 10.1. The molecule has 10 heteroatoms. The van der Waals surface area contributed by atoms with E-state index in [9.17, 15) is 19.7 Å². The van der Waals surface area contributed by atoms with Gasteiger partial charge in [-0.15, -0.1) is 0 Å². The first kappa shape index (κ1) is 22.4. The van der Waals surface area contributed by atoms with Crippen LogP contribution in [0.3, 0.4) is 0 Å². The van der Waals surface area contributed by atoms with E-state index in [1.165, 1.54) is 17.0 Å². The van der Waals surface area contributed by atoms with Gasteiger partial charge in [0.15, 0.2) is 5.11 Å². The SMILES string of the molecule is Cc1ccc(-c2ccc(/C=C3\C(=O)NC(=S)N(c4cccc(Cl)c4C)C3=O)o2)cc1[N+](=O)[O-]. The number of hydrogen-bond acceptors (Lipinski definition) is 6. The van der Waals surface area contributed by atoms with E-state index in [0.29, 0.717) is 33.2 Å². The van der Waals surface area contributed by atoms with E-state index in [1.54, 1.807) is 56.3 Å². The van der Waals surface area contributed by atoms with E-state index in [2.05, 4.69) is 5.32 Å². The molecule has 4 rings (SSSR count). The predicted molar refractivity (Wildman–Crippen MR) is 128 cm³/mol. The molecule has 2 aromatic carbocycles. The summed E-state index contributed by atoms with van der Waals surface area (Å²) < 4.78 is 5.75. The Labute approximate surface area is 198 Å². The lowest BCUT2D eigenvalue weighted by Crippen LogP contribution is -2.54. The molecule has 0 radical (unpaired) electrons. The Morgan fingerprint density at radius 2 is 1.91 bits per heavy atom. The number of rotatable bonds is 4. The van der Waals surface area contributed by atoms with E-state index in [0.717, 1.165) is 0 Å². The maximum absolute atomic E-state index is 13.2. The number of amides is 2. The fourth-order valence-corrected chi connectivity index (χ4v) is 3.85. The van der Waals surface area contributed by atoms with Gasteiger partial charge in [0.05, 0.1) is 10.6 Å². The molecule has 1 aliphatic rings. The molecular formula is C23H16ClN3O5S. The number of carbonyl (C=O) groups is 2. The van der Waals surface area contributed by atoms with E-state index < -0.39 is 16.7 Å². The Bertz CT molecular complexity index is 1380. The smallest absolute Gasteiger partial charge is 0.273 e. The van der Waals surface area contributed by atoms with Crippen LogP contribution >= 0.6 is 23.8 Å². The average Bonchev–Trinajstić information content (AvgIpc) is 3.23. The fourth-order valence-electron chi connectivity index (χ4n) is 3.40. The molecule has 1 fully saturated rings. The normalized spacial score (nSPS) is 15.2. The van der Waals surface area contributed by atoms with Crippen LogP contribution in [0.15, 0.2) is 58.5 Å². The van der Waals surface area contributed by atoms with Gasteiger partial charge in [0.25, 0.3) is 17.5 Å². The number of nitrogens with one attached hydrogen (secondary N) is 1. The summed E-state index contributed by atoms with van der Waals surface area (Å²) in [7, 11) is 0. The largest absolute Gasteiger partial charge is 0.457 e. The minimum Gasteiger partial charge on any atom is -0.457 e. The number of halogens is 1. The monoisotopic (exact) mass is 481 g/mol. The van der Waals surface area contributed by atoms with Crippen molar-refractivity contribution in [1.82, 2.24) is 5.32 Å². The lowest BCUT2D eigenvalue weighted by molar-refractivity contribution is -0.385. The number of hydrogen-bond donors (Lipinski definition) is 1. The number of nitro benzene ring substituents is 1. The quantitative estimate of drug-likeness (QED) is 0.186. The molecule has 1 aromatic heterocycles. The van der Waals surface area contributed by atoms with Crippen molar-refractivity contribution >= 4 is 58.2 Å². The zero-order valence-electron chi connectivity index (χ0n) is 17.4. The molecule has 1 saturated heterocycles. The number of nitrogens with zero attached hydrogens (tertiary/aromatic N) is 2. The molecule has 166 valence electrons. The summed E-state index contributed by atoms with van der Waals surface area (Å²) in [6, 6.07) is 12.9. The van der Waals surface area contributed by atoms with Crippen LogP contribution in [-0.4, -0.2) is 21.9 Å². The van der Waals surface area contributed by atoms with Gasteiger partial charge in [0.1, 0.15) is 17.1 Å². The van der Waals surface area contributed by atoms with Gasteiger partial charge in [-0.25, -0.2) is 0 Å². The average molecular weight is 482 g/mol. The minimum absolute atomic E-state index is 0.0355. The number of furan rings is 1. The Hall–Kier alpha value is -3.82. The number of carbonyl (C=O) groups excluding carboxylic acids is 2. The molecule has 0 spiro atoms. The first-order valence-electron chi connectivity index (χ1n) is 9.69. The first-order valence-corrected chi connectivity index (χ1v) is 10.5. The van der Waals surface area contributed by atoms with E-state index in [4.69, 9.17) is 28.2 Å². The number of thiocarbonyl (C=S) groups is 1. The van der Waals surface area contributed by atoms with Gasteiger partial charge in [0.2, 0.25) is 0 Å². The molecular weight excluding hydrogens is 466 g/mol. The molecule has 0 saturated carbocycles. The zero-order chi connectivity index (χ0) is 23.9. The molecule has 1 N–H and O–H groups in total. The Morgan fingerprint density at radius 3 is 2.64 bits per heavy atom. The van der Waals surface area contributed by atoms with Crippen LogP contribution in [0, 0.1) is 24.0 Å². The summed E-state index contributed by atoms with van der Waals surface area (Å²) in [4.78, 5) is 37.7. The van der Waals surface area contributed by atoms with Gasteiger partial charge in [-0.2, -0.15) is 0 Å². The molecule has 33 heavy (non-hydrogen) atoms. The second kappa shape index (κ2) is 8.61. The Balaban J connectivity index is 1.70. The van der Waals surface area contributed by atoms with Crippen molar-refractivity contribution < 1.29 is 18.9 Å². The maximum atomic E-state index is 13.2. The third-order valence-corrected chi connectivity index (χ3v) is 5.88. The van der Waals surface area contributed by atoms with Crippen LogP contribution < -0.4 is 10.2 Å². The van der Waals surface area contributed by atoms with Crippen molar-refractivity contribution in [2.75, 3.05) is 4.90 Å². The number of benzene rings is 2. The number of nitro groups is 1. The standard InChI is InChI=1S/C23H16ClN3O5S/c1-12-6-7-14(10-19(12)27(30)31)20-9-8-15(32-20)11-16-21(28)25-23(33)26(22(16)29)18-5-3-4-17(24)13(18)2/h3-11H,1-2H3,(H,25,28,33)/b16-11+. The predicted octanol–water partition coefficient (Wildman–Crippen LogP) is 4.96. The molecule has 3 aromatic rings. The molecule has 0 aliphatic carbocycles. The Kier molecular flexibility index (Phi) is 5.84. The van der Waals surface area contributed by atoms with E-state index in [-0.39, 0.29) is 22.1 Å². The molecule has 2 heterocycles.